The molecule has 1 aromatic heterocycles. The Labute approximate surface area is 104 Å². The number of thioether (sulfide) groups is 1. The van der Waals surface area contributed by atoms with Gasteiger partial charge in [0.05, 0.1) is 4.92 Å². The van der Waals surface area contributed by atoms with Gasteiger partial charge in [-0.15, -0.1) is 5.10 Å². The molecule has 0 aromatic carbocycles. The highest BCUT2D eigenvalue weighted by atomic mass is 32.2. The van der Waals surface area contributed by atoms with E-state index in [2.05, 4.69) is 16.7 Å². The summed E-state index contributed by atoms with van der Waals surface area (Å²) in [5, 5.41) is 18.8. The maximum atomic E-state index is 10.8. The van der Waals surface area contributed by atoms with Crippen molar-refractivity contribution in [2.24, 2.45) is 7.05 Å². The van der Waals surface area contributed by atoms with Crippen molar-refractivity contribution in [1.82, 2.24) is 9.78 Å². The van der Waals surface area contributed by atoms with Gasteiger partial charge in [0.1, 0.15) is 6.20 Å². The van der Waals surface area contributed by atoms with E-state index in [-0.39, 0.29) is 5.69 Å². The quantitative estimate of drug-likeness (QED) is 0.659. The van der Waals surface area contributed by atoms with E-state index < -0.39 is 4.92 Å². The highest BCUT2D eigenvalue weighted by Gasteiger charge is 2.27. The monoisotopic (exact) mass is 256 g/mol. The number of hydrogen-bond donors (Lipinski definition) is 1. The van der Waals surface area contributed by atoms with E-state index in [0.29, 0.717) is 17.1 Å². The molecule has 1 aliphatic carbocycles. The third kappa shape index (κ3) is 2.71. The zero-order chi connectivity index (χ0) is 12.4. The maximum Gasteiger partial charge on any atom is 0.330 e. The summed E-state index contributed by atoms with van der Waals surface area (Å²) in [5.74, 6) is 0.393. The Bertz CT molecular complexity index is 420. The van der Waals surface area contributed by atoms with Gasteiger partial charge in [-0.25, -0.2) is 0 Å². The molecule has 2 rings (SSSR count). The topological polar surface area (TPSA) is 73.0 Å². The molecule has 1 N–H and O–H groups in total. The van der Waals surface area contributed by atoms with E-state index >= 15 is 0 Å². The molecule has 94 valence electrons. The van der Waals surface area contributed by atoms with Crippen LogP contribution in [-0.4, -0.2) is 32.3 Å². The predicted octanol–water partition coefficient (Wildman–Crippen LogP) is 2.02. The molecule has 0 spiro atoms. The minimum absolute atomic E-state index is 0.0556. The third-order valence-corrected chi connectivity index (χ3v) is 4.16. The molecular formula is C10H16N4O2S. The van der Waals surface area contributed by atoms with E-state index in [9.17, 15) is 10.1 Å². The second-order valence-electron chi connectivity index (χ2n) is 4.31. The predicted molar refractivity (Wildman–Crippen MR) is 68.4 cm³/mol. The van der Waals surface area contributed by atoms with Crippen molar-refractivity contribution in [2.45, 2.75) is 30.6 Å². The second-order valence-corrected chi connectivity index (χ2v) is 5.44. The lowest BCUT2D eigenvalue weighted by Gasteiger charge is -2.11. The Kier molecular flexibility index (Phi) is 3.56. The molecular weight excluding hydrogens is 240 g/mol. The first-order chi connectivity index (χ1) is 8.10. The van der Waals surface area contributed by atoms with Crippen LogP contribution in [0.15, 0.2) is 6.20 Å². The molecule has 17 heavy (non-hydrogen) atoms. The van der Waals surface area contributed by atoms with Crippen LogP contribution in [0.25, 0.3) is 0 Å². The molecule has 0 saturated heterocycles. The van der Waals surface area contributed by atoms with Crippen molar-refractivity contribution in [1.29, 1.82) is 0 Å². The lowest BCUT2D eigenvalue weighted by atomic mass is 10.2. The van der Waals surface area contributed by atoms with Gasteiger partial charge in [-0.2, -0.15) is 11.8 Å². The van der Waals surface area contributed by atoms with Crippen molar-refractivity contribution in [3.05, 3.63) is 16.3 Å². The second kappa shape index (κ2) is 4.95. The lowest BCUT2D eigenvalue weighted by Crippen LogP contribution is -2.17. The molecule has 1 aromatic rings. The van der Waals surface area contributed by atoms with Crippen molar-refractivity contribution in [3.8, 4) is 0 Å². The number of nitrogens with one attached hydrogen (secondary N) is 1. The van der Waals surface area contributed by atoms with Gasteiger partial charge in [0, 0.05) is 18.3 Å². The Morgan fingerprint density at radius 2 is 2.41 bits per heavy atom. The minimum Gasteiger partial charge on any atom is -0.360 e. The van der Waals surface area contributed by atoms with Gasteiger partial charge in [-0.05, 0) is 25.5 Å². The van der Waals surface area contributed by atoms with Gasteiger partial charge in [0.15, 0.2) is 0 Å². The Hall–Kier alpha value is -1.24. The first-order valence-electron chi connectivity index (χ1n) is 5.57. The van der Waals surface area contributed by atoms with Crippen LogP contribution in [0, 0.1) is 10.1 Å². The Morgan fingerprint density at radius 3 is 3.00 bits per heavy atom. The molecule has 1 aliphatic rings. The number of rotatable bonds is 4. The standard InChI is InChI=1S/C10H16N4O2S/c1-13-6-9(14(15)16)10(12-13)11-7-3-4-8(5-7)17-2/h6-8H,3-5H2,1-2H3,(H,11,12). The maximum absolute atomic E-state index is 10.8. The summed E-state index contributed by atoms with van der Waals surface area (Å²) in [5.41, 5.74) is 0.0556. The fourth-order valence-electron chi connectivity index (χ4n) is 2.19. The van der Waals surface area contributed by atoms with E-state index in [1.807, 2.05) is 11.8 Å². The van der Waals surface area contributed by atoms with Crippen LogP contribution < -0.4 is 5.32 Å². The molecule has 1 saturated carbocycles. The number of anilines is 1. The van der Waals surface area contributed by atoms with Crippen LogP contribution in [0.5, 0.6) is 0 Å². The first kappa shape index (κ1) is 12.2. The van der Waals surface area contributed by atoms with Crippen molar-refractivity contribution >= 4 is 23.3 Å². The first-order valence-corrected chi connectivity index (χ1v) is 6.86. The molecule has 0 aliphatic heterocycles. The Balaban J connectivity index is 2.06. The summed E-state index contributed by atoms with van der Waals surface area (Å²) in [6.45, 7) is 0. The molecule has 2 unspecified atom stereocenters. The molecule has 6 nitrogen and oxygen atoms in total. The van der Waals surface area contributed by atoms with E-state index in [4.69, 9.17) is 0 Å². The largest absolute Gasteiger partial charge is 0.360 e. The van der Waals surface area contributed by atoms with Crippen LogP contribution in [-0.2, 0) is 7.05 Å². The van der Waals surface area contributed by atoms with Gasteiger partial charge < -0.3 is 5.32 Å². The minimum atomic E-state index is -0.393. The summed E-state index contributed by atoms with van der Waals surface area (Å²) < 4.78 is 1.47. The number of hydrogen-bond acceptors (Lipinski definition) is 5. The molecule has 0 amide bonds. The van der Waals surface area contributed by atoms with Crippen LogP contribution in [0.2, 0.25) is 0 Å². The van der Waals surface area contributed by atoms with Gasteiger partial charge in [-0.3, -0.25) is 14.8 Å². The van der Waals surface area contributed by atoms with E-state index in [1.165, 1.54) is 17.3 Å². The number of nitrogens with zero attached hydrogens (tertiary/aromatic N) is 3. The summed E-state index contributed by atoms with van der Waals surface area (Å²) in [7, 11) is 1.69. The fraction of sp³-hybridized carbons (Fsp3) is 0.700. The normalized spacial score (nSPS) is 23.9. The molecule has 0 radical (unpaired) electrons. The zero-order valence-corrected chi connectivity index (χ0v) is 10.7. The van der Waals surface area contributed by atoms with Crippen LogP contribution >= 0.6 is 11.8 Å². The van der Waals surface area contributed by atoms with Gasteiger partial charge in [-0.1, -0.05) is 0 Å². The number of nitro groups is 1. The smallest absolute Gasteiger partial charge is 0.330 e. The molecule has 7 heteroatoms. The summed E-state index contributed by atoms with van der Waals surface area (Å²) in [4.78, 5) is 10.4. The molecule has 0 bridgehead atoms. The SMILES string of the molecule is CSC1CCC(Nc2nn(C)cc2[N+](=O)[O-])C1. The fourth-order valence-corrected chi connectivity index (χ4v) is 2.99. The number of aryl methyl sites for hydroxylation is 1. The van der Waals surface area contributed by atoms with Gasteiger partial charge in [0.2, 0.25) is 5.82 Å². The lowest BCUT2D eigenvalue weighted by molar-refractivity contribution is -0.384. The van der Waals surface area contributed by atoms with Crippen molar-refractivity contribution < 1.29 is 4.92 Å². The van der Waals surface area contributed by atoms with Crippen molar-refractivity contribution in [2.75, 3.05) is 11.6 Å². The van der Waals surface area contributed by atoms with Gasteiger partial charge in [0.25, 0.3) is 0 Å². The van der Waals surface area contributed by atoms with E-state index in [0.717, 1.165) is 12.8 Å². The summed E-state index contributed by atoms with van der Waals surface area (Å²) in [6, 6.07) is 0.307. The van der Waals surface area contributed by atoms with Gasteiger partial charge >= 0.3 is 5.69 Å². The third-order valence-electron chi connectivity index (χ3n) is 3.06. The summed E-state index contributed by atoms with van der Waals surface area (Å²) in [6.07, 6.45) is 6.81. The highest BCUT2D eigenvalue weighted by Crippen LogP contribution is 2.32. The average molecular weight is 256 g/mol. The summed E-state index contributed by atoms with van der Waals surface area (Å²) >= 11 is 1.86. The molecule has 2 atom stereocenters. The molecule has 1 heterocycles. The molecule has 1 fully saturated rings. The highest BCUT2D eigenvalue weighted by molar-refractivity contribution is 7.99. The van der Waals surface area contributed by atoms with Crippen LogP contribution in [0.1, 0.15) is 19.3 Å². The average Bonchev–Trinajstić information content (AvgIpc) is 2.85. The number of aromatic nitrogens is 2. The van der Waals surface area contributed by atoms with Crippen LogP contribution in [0.3, 0.4) is 0 Å². The van der Waals surface area contributed by atoms with Crippen molar-refractivity contribution in [3.63, 3.8) is 0 Å². The Morgan fingerprint density at radius 1 is 1.65 bits per heavy atom. The zero-order valence-electron chi connectivity index (χ0n) is 9.92. The van der Waals surface area contributed by atoms with Crippen LogP contribution in [0.4, 0.5) is 11.5 Å². The van der Waals surface area contributed by atoms with E-state index in [1.54, 1.807) is 7.05 Å².